The molecule has 0 aliphatic heterocycles. The fraction of sp³-hybridized carbons (Fsp3) is 0.188. The van der Waals surface area contributed by atoms with E-state index in [0.717, 1.165) is 22.4 Å². The number of carbonyl (C=O) groups excluding carboxylic acids is 1. The van der Waals surface area contributed by atoms with E-state index < -0.39 is 6.04 Å². The van der Waals surface area contributed by atoms with E-state index in [1.54, 1.807) is 0 Å². The van der Waals surface area contributed by atoms with Gasteiger partial charge in [-0.25, -0.2) is 4.79 Å². The number of nitrogens with one attached hydrogen (secondary N) is 1. The number of benzene rings is 4. The Hall–Kier alpha value is -4.98. The molecule has 8 heteroatoms. The van der Waals surface area contributed by atoms with Gasteiger partial charge in [-0.1, -0.05) is 54.6 Å². The topological polar surface area (TPSA) is 86.1 Å². The molecule has 0 amide bonds. The maximum Gasteiger partial charge on any atom is 0.328 e. The molecule has 40 heavy (non-hydrogen) atoms. The molecule has 8 nitrogen and oxygen atoms in total. The summed E-state index contributed by atoms with van der Waals surface area (Å²) in [5.74, 6) is 1.70. The summed E-state index contributed by atoms with van der Waals surface area (Å²) >= 11 is 0. The molecule has 0 saturated heterocycles. The Balaban J connectivity index is 1.18. The number of ether oxygens (including phenoxy) is 3. The third-order valence-corrected chi connectivity index (χ3v) is 6.34. The molecule has 0 saturated carbocycles. The van der Waals surface area contributed by atoms with Crippen LogP contribution in [0.2, 0.25) is 0 Å². The van der Waals surface area contributed by atoms with Crippen LogP contribution in [-0.2, 0) is 16.0 Å². The van der Waals surface area contributed by atoms with Crippen molar-refractivity contribution in [3.8, 4) is 17.2 Å². The highest BCUT2D eigenvalue weighted by molar-refractivity contribution is 5.80. The Morgan fingerprint density at radius 3 is 2.40 bits per heavy atom. The standard InChI is InChI=1S/C32H31N3O5/c1-35(32-34-27-13-7-9-15-30(27)40-32)20-21-38-24-18-16-23(17-19-24)22-28(31(36)37-2)33-26-12-6-8-14-29(26)39-25-10-4-3-5-11-25/h3-19,28,33H,20-22H2,1-2H3. The molecule has 5 aromatic rings. The van der Waals surface area contributed by atoms with Crippen LogP contribution in [0.25, 0.3) is 11.1 Å². The largest absolute Gasteiger partial charge is 0.492 e. The first-order chi connectivity index (χ1) is 19.6. The molecule has 1 N–H and O–H groups in total. The van der Waals surface area contributed by atoms with Crippen LogP contribution in [0.4, 0.5) is 11.7 Å². The molecule has 1 unspecified atom stereocenters. The number of hydrogen-bond donors (Lipinski definition) is 1. The number of esters is 1. The number of aromatic nitrogens is 1. The molecule has 1 atom stereocenters. The minimum absolute atomic E-state index is 0.364. The van der Waals surface area contributed by atoms with Gasteiger partial charge in [0.1, 0.15) is 29.7 Å². The van der Waals surface area contributed by atoms with Crippen molar-refractivity contribution in [3.05, 3.63) is 109 Å². The Morgan fingerprint density at radius 1 is 0.900 bits per heavy atom. The molecule has 0 aliphatic rings. The van der Waals surface area contributed by atoms with Gasteiger partial charge in [-0.15, -0.1) is 0 Å². The molecule has 0 spiro atoms. The average Bonchev–Trinajstić information content (AvgIpc) is 3.43. The van der Waals surface area contributed by atoms with Gasteiger partial charge in [-0.2, -0.15) is 4.98 Å². The Kier molecular flexibility index (Phi) is 8.46. The predicted molar refractivity (Wildman–Crippen MR) is 155 cm³/mol. The van der Waals surface area contributed by atoms with Gasteiger partial charge in [-0.05, 0) is 54.1 Å². The summed E-state index contributed by atoms with van der Waals surface area (Å²) in [4.78, 5) is 19.1. The van der Waals surface area contributed by atoms with Crippen molar-refractivity contribution in [3.63, 3.8) is 0 Å². The molecule has 0 fully saturated rings. The highest BCUT2D eigenvalue weighted by Gasteiger charge is 2.21. The third kappa shape index (κ3) is 6.71. The minimum Gasteiger partial charge on any atom is -0.492 e. The van der Waals surface area contributed by atoms with Crippen LogP contribution in [0.15, 0.2) is 108 Å². The number of fused-ring (bicyclic) bond motifs is 1. The number of hydrogen-bond acceptors (Lipinski definition) is 8. The van der Waals surface area contributed by atoms with Crippen molar-refractivity contribution in [2.24, 2.45) is 0 Å². The molecular weight excluding hydrogens is 506 g/mol. The molecule has 0 radical (unpaired) electrons. The molecular formula is C32H31N3O5. The van der Waals surface area contributed by atoms with Gasteiger partial charge in [0, 0.05) is 13.5 Å². The highest BCUT2D eigenvalue weighted by atomic mass is 16.5. The lowest BCUT2D eigenvalue weighted by Crippen LogP contribution is -2.33. The lowest BCUT2D eigenvalue weighted by Gasteiger charge is -2.20. The van der Waals surface area contributed by atoms with E-state index >= 15 is 0 Å². The van der Waals surface area contributed by atoms with Gasteiger partial charge in [0.15, 0.2) is 11.3 Å². The van der Waals surface area contributed by atoms with E-state index in [4.69, 9.17) is 18.6 Å². The van der Waals surface area contributed by atoms with Gasteiger partial charge in [-0.3, -0.25) is 0 Å². The quantitative estimate of drug-likeness (QED) is 0.185. The zero-order valence-corrected chi connectivity index (χ0v) is 22.4. The number of rotatable bonds is 12. The predicted octanol–water partition coefficient (Wildman–Crippen LogP) is 6.33. The summed E-state index contributed by atoms with van der Waals surface area (Å²) < 4.78 is 22.9. The smallest absolute Gasteiger partial charge is 0.328 e. The number of anilines is 2. The van der Waals surface area contributed by atoms with Crippen LogP contribution < -0.4 is 19.7 Å². The van der Waals surface area contributed by atoms with Crippen LogP contribution >= 0.6 is 0 Å². The summed E-state index contributed by atoms with van der Waals surface area (Å²) in [6.45, 7) is 1.06. The number of methoxy groups -OCH3 is 1. The number of likely N-dealkylation sites (N-methyl/N-ethyl adjacent to an activating group) is 1. The Labute approximate surface area is 233 Å². The van der Waals surface area contributed by atoms with E-state index in [-0.39, 0.29) is 5.97 Å². The van der Waals surface area contributed by atoms with Crippen molar-refractivity contribution in [2.45, 2.75) is 12.5 Å². The molecule has 204 valence electrons. The van der Waals surface area contributed by atoms with Crippen molar-refractivity contribution in [2.75, 3.05) is 37.5 Å². The van der Waals surface area contributed by atoms with Crippen molar-refractivity contribution in [1.82, 2.24) is 4.98 Å². The summed E-state index contributed by atoms with van der Waals surface area (Å²) in [5.41, 5.74) is 3.24. The van der Waals surface area contributed by atoms with Crippen LogP contribution in [0, 0.1) is 0 Å². The number of oxazole rings is 1. The zero-order valence-electron chi connectivity index (χ0n) is 22.4. The Bertz CT molecular complexity index is 1500. The summed E-state index contributed by atoms with van der Waals surface area (Å²) in [6.07, 6.45) is 0.424. The third-order valence-electron chi connectivity index (χ3n) is 6.34. The lowest BCUT2D eigenvalue weighted by atomic mass is 10.1. The first-order valence-corrected chi connectivity index (χ1v) is 13.0. The first kappa shape index (κ1) is 26.6. The molecule has 0 aliphatic carbocycles. The molecule has 4 aromatic carbocycles. The van der Waals surface area contributed by atoms with Gasteiger partial charge in [0.25, 0.3) is 6.01 Å². The SMILES string of the molecule is COC(=O)C(Cc1ccc(OCCN(C)c2nc3ccccc3o2)cc1)Nc1ccccc1Oc1ccccc1. The second-order valence-electron chi connectivity index (χ2n) is 9.21. The molecule has 1 heterocycles. The molecule has 1 aromatic heterocycles. The van der Waals surface area contributed by atoms with Crippen molar-refractivity contribution < 1.29 is 23.4 Å². The van der Waals surface area contributed by atoms with Crippen LogP contribution in [0.3, 0.4) is 0 Å². The number of nitrogens with zero attached hydrogens (tertiary/aromatic N) is 2. The van der Waals surface area contributed by atoms with E-state index in [9.17, 15) is 4.79 Å². The van der Waals surface area contributed by atoms with E-state index in [2.05, 4.69) is 10.3 Å². The second-order valence-corrected chi connectivity index (χ2v) is 9.21. The van der Waals surface area contributed by atoms with Gasteiger partial charge >= 0.3 is 5.97 Å². The summed E-state index contributed by atoms with van der Waals surface area (Å²) in [5, 5.41) is 3.30. The first-order valence-electron chi connectivity index (χ1n) is 13.0. The summed E-state index contributed by atoms with van der Waals surface area (Å²) in [6, 6.07) is 32.3. The van der Waals surface area contributed by atoms with E-state index in [0.29, 0.717) is 42.8 Å². The highest BCUT2D eigenvalue weighted by Crippen LogP contribution is 2.30. The van der Waals surface area contributed by atoms with E-state index in [1.165, 1.54) is 7.11 Å². The van der Waals surface area contributed by atoms with Crippen molar-refractivity contribution in [1.29, 1.82) is 0 Å². The zero-order chi connectivity index (χ0) is 27.7. The van der Waals surface area contributed by atoms with Gasteiger partial charge < -0.3 is 28.8 Å². The Morgan fingerprint density at radius 2 is 1.62 bits per heavy atom. The van der Waals surface area contributed by atoms with E-state index in [1.807, 2.05) is 115 Å². The molecule has 0 bridgehead atoms. The monoisotopic (exact) mass is 537 g/mol. The van der Waals surface area contributed by atoms with Gasteiger partial charge in [0.05, 0.1) is 19.3 Å². The minimum atomic E-state index is -0.609. The molecule has 5 rings (SSSR count). The van der Waals surface area contributed by atoms with Crippen LogP contribution in [-0.4, -0.2) is 44.3 Å². The maximum absolute atomic E-state index is 12.7. The van der Waals surface area contributed by atoms with Crippen LogP contribution in [0.1, 0.15) is 5.56 Å². The number of para-hydroxylation sites is 5. The maximum atomic E-state index is 12.7. The second kappa shape index (κ2) is 12.7. The normalized spacial score (nSPS) is 11.6. The van der Waals surface area contributed by atoms with Crippen LogP contribution in [0.5, 0.6) is 17.2 Å². The average molecular weight is 538 g/mol. The van der Waals surface area contributed by atoms with Crippen molar-refractivity contribution >= 4 is 28.8 Å². The lowest BCUT2D eigenvalue weighted by molar-refractivity contribution is -0.141. The fourth-order valence-electron chi connectivity index (χ4n) is 4.19. The fourth-order valence-corrected chi connectivity index (χ4v) is 4.19. The van der Waals surface area contributed by atoms with Gasteiger partial charge in [0.2, 0.25) is 0 Å². The summed E-state index contributed by atoms with van der Waals surface area (Å²) in [7, 11) is 3.30. The number of carbonyl (C=O) groups is 1.